The second kappa shape index (κ2) is 49.0. The van der Waals surface area contributed by atoms with Crippen LogP contribution < -0.4 is 10.6 Å². The number of Topliss-reactive ketones (excluding diaryl/α,β-unsaturated/α-hetero) is 2. The molecule has 6 N–H and O–H groups in total. The summed E-state index contributed by atoms with van der Waals surface area (Å²) < 4.78 is 22.3. The lowest BCUT2D eigenvalue weighted by molar-refractivity contribution is -0.145. The molecule has 3 atom stereocenters. The molecule has 2 aliphatic heterocycles. The molecule has 24 heteroatoms. The first-order valence-corrected chi connectivity index (χ1v) is 34.2. The number of carboxylic acids is 4. The molecule has 0 aromatic carbocycles. The topological polar surface area (TPSA) is 278 Å². The maximum Gasteiger partial charge on any atom is 0.306 e. The first-order chi connectivity index (χ1) is 36.6. The van der Waals surface area contributed by atoms with Crippen LogP contribution in [-0.4, -0.2) is 141 Å². The Hall–Kier alpha value is -1.90. The van der Waals surface area contributed by atoms with Crippen molar-refractivity contribution in [2.45, 2.75) is 189 Å². The molecule has 2 heterocycles. The predicted octanol–water partition coefficient (Wildman–Crippen LogP) is 11.5. The van der Waals surface area contributed by atoms with E-state index in [1.807, 2.05) is 64.8 Å². The molecule has 0 aromatic heterocycles. The normalized spacial score (nSPS) is 14.7. The molecule has 18 nitrogen and oxygen atoms in total. The van der Waals surface area contributed by atoms with E-state index in [1.54, 1.807) is 6.92 Å². The lowest BCUT2D eigenvalue weighted by atomic mass is 9.94. The lowest BCUT2D eigenvalue weighted by Gasteiger charge is -2.13. The van der Waals surface area contributed by atoms with Gasteiger partial charge in [-0.15, -0.1) is 0 Å². The van der Waals surface area contributed by atoms with Gasteiger partial charge in [0.1, 0.15) is 11.6 Å². The van der Waals surface area contributed by atoms with E-state index in [1.165, 1.54) is 62.9 Å². The second-order valence-electron chi connectivity index (χ2n) is 19.0. The molecule has 2 rings (SSSR count). The molecule has 2 saturated heterocycles. The van der Waals surface area contributed by atoms with Crippen LogP contribution in [0.1, 0.15) is 188 Å². The summed E-state index contributed by atoms with van der Waals surface area (Å²) >= 11 is 0. The number of nitrogens with one attached hydrogen (secondary N) is 2. The van der Waals surface area contributed by atoms with E-state index >= 15 is 0 Å². The highest BCUT2D eigenvalue weighted by atomic mass is 33.2. The van der Waals surface area contributed by atoms with Crippen molar-refractivity contribution in [2.24, 2.45) is 17.8 Å². The fraction of sp³-hybridized carbons (Fsp3) is 0.846. The zero-order chi connectivity index (χ0) is 55.9. The number of unbranched alkanes of at least 4 members (excludes halogenated alkanes) is 16. The van der Waals surface area contributed by atoms with Crippen LogP contribution in [0.4, 0.5) is 0 Å². The second-order valence-corrected chi connectivity index (χ2v) is 28.5. The van der Waals surface area contributed by atoms with Gasteiger partial charge in [-0.2, -0.15) is 0 Å². The van der Waals surface area contributed by atoms with Crippen molar-refractivity contribution in [2.75, 3.05) is 71.0 Å². The first kappa shape index (κ1) is 72.1. The molecule has 2 fully saturated rings. The summed E-state index contributed by atoms with van der Waals surface area (Å²) in [6.07, 6.45) is 20.3. The van der Waals surface area contributed by atoms with Gasteiger partial charge in [0, 0.05) is 59.5 Å². The van der Waals surface area contributed by atoms with E-state index in [4.69, 9.17) is 29.2 Å². The summed E-state index contributed by atoms with van der Waals surface area (Å²) in [7, 11) is 12.0. The minimum Gasteiger partial charge on any atom is -0.481 e. The summed E-state index contributed by atoms with van der Waals surface area (Å²) in [4.78, 5) is 93.9. The number of carboxylic acid groups (broad SMARTS) is 4. The average molecular weight is 1190 g/mol. The molecule has 0 aromatic rings. The summed E-state index contributed by atoms with van der Waals surface area (Å²) in [6, 6.07) is 0. The summed E-state index contributed by atoms with van der Waals surface area (Å²) in [6.45, 7) is 4.37. The van der Waals surface area contributed by atoms with E-state index in [0.717, 1.165) is 44.9 Å². The Morgan fingerprint density at radius 2 is 0.829 bits per heavy atom. The fourth-order valence-electron chi connectivity index (χ4n) is 7.69. The van der Waals surface area contributed by atoms with Gasteiger partial charge in [0.05, 0.1) is 75.7 Å². The molecule has 2 aliphatic rings. The van der Waals surface area contributed by atoms with Gasteiger partial charge < -0.3 is 50.0 Å². The van der Waals surface area contributed by atoms with Gasteiger partial charge in [-0.3, -0.25) is 38.4 Å². The number of ketones is 2. The van der Waals surface area contributed by atoms with Gasteiger partial charge in [-0.25, -0.2) is 0 Å². The van der Waals surface area contributed by atoms with Crippen LogP contribution in [-0.2, 0) is 57.3 Å². The number of carbonyl (C=O) groups is 8. The molecular formula is C52H92N2O16S6. The van der Waals surface area contributed by atoms with Crippen molar-refractivity contribution in [3.8, 4) is 0 Å². The van der Waals surface area contributed by atoms with Crippen molar-refractivity contribution in [1.29, 1.82) is 0 Å². The van der Waals surface area contributed by atoms with Crippen LogP contribution in [0.5, 0.6) is 0 Å². The largest absolute Gasteiger partial charge is 0.481 e. The molecule has 442 valence electrons. The van der Waals surface area contributed by atoms with Crippen LogP contribution >= 0.6 is 64.8 Å². The highest BCUT2D eigenvalue weighted by Crippen LogP contribution is 2.83. The molecule has 76 heavy (non-hydrogen) atoms. The maximum absolute atomic E-state index is 12.5. The monoisotopic (exact) mass is 1190 g/mol. The maximum atomic E-state index is 12.5. The minimum absolute atomic E-state index is 0. The number of rotatable bonds is 52. The number of aliphatic carboxylic acids is 4. The number of hydrogen-bond donors (Lipinski definition) is 6. The van der Waals surface area contributed by atoms with E-state index < -0.39 is 41.6 Å². The minimum atomic E-state index is -1.14. The van der Waals surface area contributed by atoms with Crippen LogP contribution in [0.3, 0.4) is 0 Å². The average Bonchev–Trinajstić information content (AvgIpc) is 4.14. The highest BCUT2D eigenvalue weighted by molar-refractivity contribution is 9.14. The number of carbonyl (C=O) groups excluding carboxylic acids is 4. The molecule has 1 spiro atoms. The zero-order valence-corrected chi connectivity index (χ0v) is 49.8. The predicted molar refractivity (Wildman–Crippen MR) is 311 cm³/mol. The molecule has 0 radical (unpaired) electrons. The van der Waals surface area contributed by atoms with E-state index in [-0.39, 0.29) is 109 Å². The molecule has 2 amide bonds. The molecule has 0 bridgehead atoms. The number of amides is 2. The van der Waals surface area contributed by atoms with Gasteiger partial charge in [0.2, 0.25) is 11.8 Å². The third kappa shape index (κ3) is 44.9. The molecule has 0 aliphatic carbocycles. The van der Waals surface area contributed by atoms with Crippen LogP contribution in [0.2, 0.25) is 0 Å². The third-order valence-corrected chi connectivity index (χ3v) is 25.3. The van der Waals surface area contributed by atoms with Gasteiger partial charge in [-0.05, 0) is 60.1 Å². The van der Waals surface area contributed by atoms with Gasteiger partial charge in [0.15, 0.2) is 2.74 Å². The highest BCUT2D eigenvalue weighted by Gasteiger charge is 2.50. The van der Waals surface area contributed by atoms with Crippen LogP contribution in [0, 0.1) is 17.8 Å². The van der Waals surface area contributed by atoms with Crippen molar-refractivity contribution in [3.63, 3.8) is 0 Å². The van der Waals surface area contributed by atoms with Crippen LogP contribution in [0.15, 0.2) is 0 Å². The van der Waals surface area contributed by atoms with Crippen molar-refractivity contribution >= 4 is 112 Å². The van der Waals surface area contributed by atoms with Crippen molar-refractivity contribution in [1.82, 2.24) is 10.6 Å². The zero-order valence-electron chi connectivity index (χ0n) is 44.9. The Morgan fingerprint density at radius 3 is 1.24 bits per heavy atom. The van der Waals surface area contributed by atoms with Crippen molar-refractivity contribution < 1.29 is 79.2 Å². The number of ether oxygens (including phenoxy) is 4. The van der Waals surface area contributed by atoms with E-state index in [9.17, 15) is 48.6 Å². The quantitative estimate of drug-likeness (QED) is 0.0188. The molecule has 0 saturated carbocycles. The lowest BCUT2D eigenvalue weighted by Crippen LogP contribution is -2.29. The van der Waals surface area contributed by atoms with Crippen molar-refractivity contribution in [3.05, 3.63) is 0 Å². The Morgan fingerprint density at radius 1 is 0.434 bits per heavy atom. The summed E-state index contributed by atoms with van der Waals surface area (Å²) in [5.41, 5.74) is 0. The molecular weight excluding hydrogens is 1100 g/mol. The Bertz CT molecular complexity index is 1620. The Kier molecular flexibility index (Phi) is 46.5. The smallest absolute Gasteiger partial charge is 0.306 e. The van der Waals surface area contributed by atoms with Gasteiger partial charge >= 0.3 is 23.9 Å². The molecule has 0 unspecified atom stereocenters. The fourth-order valence-corrected chi connectivity index (χ4v) is 20.7. The van der Waals surface area contributed by atoms with E-state index in [2.05, 4.69) is 10.6 Å². The van der Waals surface area contributed by atoms with Gasteiger partial charge in [-0.1, -0.05) is 146 Å². The number of hydrogen-bond acceptors (Lipinski definition) is 18. The SMILES string of the molecule is C1SSC2(SS1)SS2.C[C@@H](CCCCNC(=O)CC[C@H](CC(=O)CCOCCOCCOCCOCCNC(=O)CC[C@H](CC(=O)CCCCCCCCCCCCCCCCCCC(=O)O)C(=O)O)C(=O)O)C(=O)O.[HH]. The van der Waals surface area contributed by atoms with Gasteiger partial charge in [0.25, 0.3) is 0 Å². The Balaban J connectivity index is 0.00000576. The third-order valence-electron chi connectivity index (χ3n) is 12.3. The summed E-state index contributed by atoms with van der Waals surface area (Å²) in [5, 5.41) is 43.3. The first-order valence-electron chi connectivity index (χ1n) is 27.4. The van der Waals surface area contributed by atoms with Crippen LogP contribution in [0.25, 0.3) is 0 Å². The standard InChI is InChI=1S/C50H88N2O16.C2H2S6.H2/c1-40(48(59)60)20-18-19-28-51-45(55)25-23-42(50(63)64)39-44(54)27-30-65-32-34-67-36-37-68-35-33-66-31-29-52-46(56)26-24-41(49(61)62)38-43(53)21-16-14-12-10-8-6-4-2-3-5-7-9-11-13-15-17-22-47(57)58;1-3-5-2(6-4-1)7-8-2;/h40-42H,2-39H2,1H3,(H,51,55)(H,52,56)(H,57,58)(H,59,60)(H,61,62)(H,63,64);1H2;1H/t40-,41+,42+;;/m0../s1. The van der Waals surface area contributed by atoms with E-state index in [0.29, 0.717) is 61.4 Å². The Labute approximate surface area is 477 Å². The summed E-state index contributed by atoms with van der Waals surface area (Å²) in [5.74, 6) is -7.04.